The van der Waals surface area contributed by atoms with Gasteiger partial charge in [0.1, 0.15) is 5.82 Å². The molecule has 3 heteroatoms. The molecular formula is C15H16N2O. The summed E-state index contributed by atoms with van der Waals surface area (Å²) < 4.78 is 0. The molecular weight excluding hydrogens is 224 g/mol. The van der Waals surface area contributed by atoms with Crippen molar-refractivity contribution < 1.29 is 4.79 Å². The van der Waals surface area contributed by atoms with E-state index in [1.165, 1.54) is 0 Å². The van der Waals surface area contributed by atoms with Crippen LogP contribution in [0.15, 0.2) is 42.6 Å². The molecule has 2 aromatic rings. The molecule has 0 saturated carbocycles. The van der Waals surface area contributed by atoms with Gasteiger partial charge in [-0.3, -0.25) is 4.79 Å². The average Bonchev–Trinajstić information content (AvgIpc) is 2.39. The SMILES string of the molecule is CCNc1ncccc1C(=O)c1cccc(C)c1. The van der Waals surface area contributed by atoms with Gasteiger partial charge in [-0.25, -0.2) is 4.98 Å². The predicted octanol–water partition coefficient (Wildman–Crippen LogP) is 3.05. The van der Waals surface area contributed by atoms with Gasteiger partial charge in [0.25, 0.3) is 0 Å². The number of hydrogen-bond donors (Lipinski definition) is 1. The summed E-state index contributed by atoms with van der Waals surface area (Å²) in [5.41, 5.74) is 2.39. The van der Waals surface area contributed by atoms with Crippen molar-refractivity contribution in [3.05, 3.63) is 59.3 Å². The van der Waals surface area contributed by atoms with Gasteiger partial charge in [0.2, 0.25) is 0 Å². The van der Waals surface area contributed by atoms with Crippen LogP contribution in [0.2, 0.25) is 0 Å². The lowest BCUT2D eigenvalue weighted by molar-refractivity contribution is 0.103. The van der Waals surface area contributed by atoms with Crippen LogP contribution < -0.4 is 5.32 Å². The molecule has 0 spiro atoms. The molecule has 1 aromatic carbocycles. The Morgan fingerprint density at radius 1 is 1.28 bits per heavy atom. The summed E-state index contributed by atoms with van der Waals surface area (Å²) in [6, 6.07) is 11.2. The molecule has 0 bridgehead atoms. The van der Waals surface area contributed by atoms with Gasteiger partial charge in [-0.15, -0.1) is 0 Å². The van der Waals surface area contributed by atoms with Crippen molar-refractivity contribution in [3.8, 4) is 0 Å². The zero-order chi connectivity index (χ0) is 13.0. The summed E-state index contributed by atoms with van der Waals surface area (Å²) in [6.07, 6.45) is 1.69. The van der Waals surface area contributed by atoms with E-state index in [-0.39, 0.29) is 5.78 Å². The molecule has 0 fully saturated rings. The lowest BCUT2D eigenvalue weighted by Gasteiger charge is -2.08. The molecule has 18 heavy (non-hydrogen) atoms. The first-order chi connectivity index (χ1) is 8.72. The molecule has 0 amide bonds. The van der Waals surface area contributed by atoms with Crippen LogP contribution in [0.25, 0.3) is 0 Å². The number of aryl methyl sites for hydroxylation is 1. The highest BCUT2D eigenvalue weighted by Crippen LogP contribution is 2.17. The smallest absolute Gasteiger partial charge is 0.196 e. The Kier molecular flexibility index (Phi) is 3.72. The molecule has 0 unspecified atom stereocenters. The second-order valence-electron chi connectivity index (χ2n) is 4.13. The number of carbonyl (C=O) groups excluding carboxylic acids is 1. The summed E-state index contributed by atoms with van der Waals surface area (Å²) in [5, 5.41) is 3.11. The normalized spacial score (nSPS) is 10.1. The number of nitrogens with zero attached hydrogens (tertiary/aromatic N) is 1. The third-order valence-electron chi connectivity index (χ3n) is 2.68. The number of pyridine rings is 1. The Hall–Kier alpha value is -2.16. The summed E-state index contributed by atoms with van der Waals surface area (Å²) in [7, 11) is 0. The third kappa shape index (κ3) is 2.56. The fourth-order valence-corrected chi connectivity index (χ4v) is 1.84. The van der Waals surface area contributed by atoms with E-state index in [1.807, 2.05) is 38.1 Å². The van der Waals surface area contributed by atoms with Crippen LogP contribution in [-0.2, 0) is 0 Å². The van der Waals surface area contributed by atoms with Crippen LogP contribution in [0, 0.1) is 6.92 Å². The molecule has 0 saturated heterocycles. The summed E-state index contributed by atoms with van der Waals surface area (Å²) in [4.78, 5) is 16.6. The van der Waals surface area contributed by atoms with Crippen LogP contribution in [-0.4, -0.2) is 17.3 Å². The van der Waals surface area contributed by atoms with Gasteiger partial charge in [-0.2, -0.15) is 0 Å². The van der Waals surface area contributed by atoms with E-state index in [1.54, 1.807) is 18.3 Å². The first-order valence-corrected chi connectivity index (χ1v) is 6.02. The highest BCUT2D eigenvalue weighted by Gasteiger charge is 2.13. The molecule has 0 aliphatic heterocycles. The van der Waals surface area contributed by atoms with Crippen LogP contribution in [0.1, 0.15) is 28.4 Å². The lowest BCUT2D eigenvalue weighted by atomic mass is 10.0. The fraction of sp³-hybridized carbons (Fsp3) is 0.200. The second-order valence-corrected chi connectivity index (χ2v) is 4.13. The number of rotatable bonds is 4. The number of anilines is 1. The van der Waals surface area contributed by atoms with Crippen LogP contribution >= 0.6 is 0 Å². The largest absolute Gasteiger partial charge is 0.370 e. The Balaban J connectivity index is 2.40. The Labute approximate surface area is 107 Å². The van der Waals surface area contributed by atoms with Gasteiger partial charge in [-0.05, 0) is 32.0 Å². The molecule has 1 N–H and O–H groups in total. The zero-order valence-corrected chi connectivity index (χ0v) is 10.6. The molecule has 0 radical (unpaired) electrons. The van der Waals surface area contributed by atoms with Gasteiger partial charge in [-0.1, -0.05) is 23.8 Å². The quantitative estimate of drug-likeness (QED) is 0.835. The maximum Gasteiger partial charge on any atom is 0.196 e. The zero-order valence-electron chi connectivity index (χ0n) is 10.6. The van der Waals surface area contributed by atoms with E-state index in [0.29, 0.717) is 16.9 Å². The highest BCUT2D eigenvalue weighted by molar-refractivity contribution is 6.11. The van der Waals surface area contributed by atoms with Crippen molar-refractivity contribution in [2.45, 2.75) is 13.8 Å². The Morgan fingerprint density at radius 2 is 2.11 bits per heavy atom. The summed E-state index contributed by atoms with van der Waals surface area (Å²) >= 11 is 0. The third-order valence-corrected chi connectivity index (χ3v) is 2.68. The van der Waals surface area contributed by atoms with Gasteiger partial charge in [0.05, 0.1) is 5.56 Å². The van der Waals surface area contributed by atoms with Crippen molar-refractivity contribution in [3.63, 3.8) is 0 Å². The number of carbonyl (C=O) groups is 1. The lowest BCUT2D eigenvalue weighted by Crippen LogP contribution is -2.09. The maximum atomic E-state index is 12.4. The molecule has 1 aromatic heterocycles. The van der Waals surface area contributed by atoms with Gasteiger partial charge in [0.15, 0.2) is 5.78 Å². The van der Waals surface area contributed by atoms with E-state index < -0.39 is 0 Å². The van der Waals surface area contributed by atoms with E-state index >= 15 is 0 Å². The first-order valence-electron chi connectivity index (χ1n) is 6.02. The van der Waals surface area contributed by atoms with Crippen LogP contribution in [0.4, 0.5) is 5.82 Å². The monoisotopic (exact) mass is 240 g/mol. The van der Waals surface area contributed by atoms with E-state index in [2.05, 4.69) is 10.3 Å². The van der Waals surface area contributed by atoms with Gasteiger partial charge >= 0.3 is 0 Å². The first kappa shape index (κ1) is 12.3. The molecule has 92 valence electrons. The van der Waals surface area contributed by atoms with Gasteiger partial charge < -0.3 is 5.32 Å². The summed E-state index contributed by atoms with van der Waals surface area (Å²) in [6.45, 7) is 4.70. The van der Waals surface area contributed by atoms with Crippen molar-refractivity contribution in [2.75, 3.05) is 11.9 Å². The van der Waals surface area contributed by atoms with E-state index in [0.717, 1.165) is 12.1 Å². The number of ketones is 1. The minimum absolute atomic E-state index is 0.00255. The van der Waals surface area contributed by atoms with Crippen LogP contribution in [0.5, 0.6) is 0 Å². The molecule has 0 aliphatic carbocycles. The number of benzene rings is 1. The van der Waals surface area contributed by atoms with Gasteiger partial charge in [0, 0.05) is 18.3 Å². The minimum Gasteiger partial charge on any atom is -0.370 e. The molecule has 2 rings (SSSR count). The molecule has 0 aliphatic rings. The average molecular weight is 240 g/mol. The molecule has 3 nitrogen and oxygen atoms in total. The second kappa shape index (κ2) is 5.45. The topological polar surface area (TPSA) is 42.0 Å². The van der Waals surface area contributed by atoms with Crippen molar-refractivity contribution >= 4 is 11.6 Å². The van der Waals surface area contributed by atoms with Crippen LogP contribution in [0.3, 0.4) is 0 Å². The summed E-state index contributed by atoms with van der Waals surface area (Å²) in [5.74, 6) is 0.647. The predicted molar refractivity (Wildman–Crippen MR) is 73.0 cm³/mol. The maximum absolute atomic E-state index is 12.4. The number of hydrogen-bond acceptors (Lipinski definition) is 3. The Bertz CT molecular complexity index is 564. The van der Waals surface area contributed by atoms with E-state index in [9.17, 15) is 4.79 Å². The Morgan fingerprint density at radius 3 is 2.83 bits per heavy atom. The minimum atomic E-state index is 0.00255. The number of aromatic nitrogens is 1. The fourth-order valence-electron chi connectivity index (χ4n) is 1.84. The van der Waals surface area contributed by atoms with Crippen molar-refractivity contribution in [1.82, 2.24) is 4.98 Å². The molecule has 0 atom stereocenters. The van der Waals surface area contributed by atoms with E-state index in [4.69, 9.17) is 0 Å². The van der Waals surface area contributed by atoms with Crippen molar-refractivity contribution in [1.29, 1.82) is 0 Å². The standard InChI is InChI=1S/C15H16N2O/c1-3-16-15-13(8-5-9-17-15)14(18)12-7-4-6-11(2)10-12/h4-10H,3H2,1-2H3,(H,16,17). The molecule has 1 heterocycles. The highest BCUT2D eigenvalue weighted by atomic mass is 16.1. The van der Waals surface area contributed by atoms with Crippen molar-refractivity contribution in [2.24, 2.45) is 0 Å². The number of nitrogens with one attached hydrogen (secondary N) is 1.